The van der Waals surface area contributed by atoms with Gasteiger partial charge in [0.25, 0.3) is 0 Å². The Balaban J connectivity index is 2.05. The average molecular weight is 280 g/mol. The minimum Gasteiger partial charge on any atom is -0.381 e. The highest BCUT2D eigenvalue weighted by molar-refractivity contribution is 5.79. The van der Waals surface area contributed by atoms with Crippen LogP contribution in [0.3, 0.4) is 0 Å². The lowest BCUT2D eigenvalue weighted by molar-refractivity contribution is -0.169. The number of amides is 1. The van der Waals surface area contributed by atoms with Crippen LogP contribution in [0.4, 0.5) is 13.2 Å². The fraction of sp³-hybridized carbons (Fsp3) is 0.917. The fourth-order valence-corrected chi connectivity index (χ4v) is 2.66. The van der Waals surface area contributed by atoms with Crippen LogP contribution in [0.5, 0.6) is 0 Å². The molecule has 0 aliphatic carbocycles. The van der Waals surface area contributed by atoms with E-state index in [2.05, 4.69) is 5.32 Å². The number of piperidine rings is 1. The van der Waals surface area contributed by atoms with E-state index in [1.165, 1.54) is 0 Å². The Kier molecular flexibility index (Phi) is 4.67. The van der Waals surface area contributed by atoms with E-state index in [0.29, 0.717) is 39.0 Å². The Morgan fingerprint density at radius 2 is 1.95 bits per heavy atom. The van der Waals surface area contributed by atoms with E-state index in [0.717, 1.165) is 4.90 Å². The summed E-state index contributed by atoms with van der Waals surface area (Å²) in [5.41, 5.74) is 0. The first-order valence-electron chi connectivity index (χ1n) is 6.63. The SMILES string of the molecule is O=C(C1CCOC1)N(CC(F)(F)F)C1CCNCC1. The molecule has 0 bridgehead atoms. The summed E-state index contributed by atoms with van der Waals surface area (Å²) in [5.74, 6) is -0.807. The Morgan fingerprint density at radius 3 is 2.47 bits per heavy atom. The van der Waals surface area contributed by atoms with E-state index < -0.39 is 24.5 Å². The standard InChI is InChI=1S/C12H19F3N2O2/c13-12(14,15)8-17(10-1-4-16-5-2-10)11(18)9-3-6-19-7-9/h9-10,16H,1-8H2. The zero-order chi connectivity index (χ0) is 13.9. The van der Waals surface area contributed by atoms with Crippen LogP contribution in [-0.4, -0.2) is 55.9 Å². The van der Waals surface area contributed by atoms with Gasteiger partial charge in [-0.1, -0.05) is 0 Å². The molecule has 0 aromatic heterocycles. The Bertz CT molecular complexity index is 311. The molecule has 1 atom stereocenters. The van der Waals surface area contributed by atoms with Gasteiger partial charge in [0.15, 0.2) is 0 Å². The third kappa shape index (κ3) is 4.07. The van der Waals surface area contributed by atoms with Crippen LogP contribution in [0.25, 0.3) is 0 Å². The largest absolute Gasteiger partial charge is 0.406 e. The van der Waals surface area contributed by atoms with Gasteiger partial charge >= 0.3 is 6.18 Å². The van der Waals surface area contributed by atoms with Gasteiger partial charge in [0, 0.05) is 12.6 Å². The molecular formula is C12H19F3N2O2. The monoisotopic (exact) mass is 280 g/mol. The van der Waals surface area contributed by atoms with Crippen LogP contribution in [0.15, 0.2) is 0 Å². The third-order valence-corrected chi connectivity index (χ3v) is 3.66. The molecule has 1 amide bonds. The highest BCUT2D eigenvalue weighted by atomic mass is 19.4. The van der Waals surface area contributed by atoms with Gasteiger partial charge in [0.2, 0.25) is 5.91 Å². The fourth-order valence-electron chi connectivity index (χ4n) is 2.66. The maximum atomic E-state index is 12.7. The molecule has 1 N–H and O–H groups in total. The first kappa shape index (κ1) is 14.6. The Morgan fingerprint density at radius 1 is 1.26 bits per heavy atom. The summed E-state index contributed by atoms with van der Waals surface area (Å²) in [4.78, 5) is 13.3. The summed E-state index contributed by atoms with van der Waals surface area (Å²) in [6.45, 7) is 0.884. The van der Waals surface area contributed by atoms with Crippen LogP contribution >= 0.6 is 0 Å². The van der Waals surface area contributed by atoms with Gasteiger partial charge in [-0.3, -0.25) is 4.79 Å². The minimum absolute atomic E-state index is 0.248. The number of alkyl halides is 3. The van der Waals surface area contributed by atoms with Gasteiger partial charge < -0.3 is 15.0 Å². The number of halogens is 3. The first-order chi connectivity index (χ1) is 8.97. The van der Waals surface area contributed by atoms with Crippen LogP contribution in [0, 0.1) is 5.92 Å². The highest BCUT2D eigenvalue weighted by Gasteiger charge is 2.39. The summed E-state index contributed by atoms with van der Waals surface area (Å²) >= 11 is 0. The summed E-state index contributed by atoms with van der Waals surface area (Å²) < 4.78 is 43.1. The predicted molar refractivity (Wildman–Crippen MR) is 62.6 cm³/mol. The van der Waals surface area contributed by atoms with Crippen LogP contribution in [-0.2, 0) is 9.53 Å². The predicted octanol–water partition coefficient (Wildman–Crippen LogP) is 1.17. The van der Waals surface area contributed by atoms with Crippen molar-refractivity contribution in [2.45, 2.75) is 31.5 Å². The molecule has 0 radical (unpaired) electrons. The van der Waals surface area contributed by atoms with Crippen molar-refractivity contribution in [3.05, 3.63) is 0 Å². The summed E-state index contributed by atoms with van der Waals surface area (Å²) in [5, 5.41) is 3.10. The molecule has 4 nitrogen and oxygen atoms in total. The quantitative estimate of drug-likeness (QED) is 0.843. The van der Waals surface area contributed by atoms with E-state index in [1.807, 2.05) is 0 Å². The second kappa shape index (κ2) is 6.09. The molecule has 2 fully saturated rings. The molecule has 2 rings (SSSR count). The number of carbonyl (C=O) groups is 1. The average Bonchev–Trinajstić information content (AvgIpc) is 2.89. The Labute approximate surface area is 110 Å². The van der Waals surface area contributed by atoms with Gasteiger partial charge in [-0.05, 0) is 32.4 Å². The van der Waals surface area contributed by atoms with Crippen molar-refractivity contribution >= 4 is 5.91 Å². The molecule has 2 heterocycles. The van der Waals surface area contributed by atoms with E-state index >= 15 is 0 Å². The number of hydrogen-bond acceptors (Lipinski definition) is 3. The number of nitrogens with zero attached hydrogens (tertiary/aromatic N) is 1. The van der Waals surface area contributed by atoms with E-state index in [-0.39, 0.29) is 12.6 Å². The van der Waals surface area contributed by atoms with E-state index in [1.54, 1.807) is 0 Å². The van der Waals surface area contributed by atoms with Crippen molar-refractivity contribution in [3.8, 4) is 0 Å². The normalized spacial score (nSPS) is 25.5. The molecule has 0 saturated carbocycles. The molecule has 0 aromatic rings. The molecule has 0 aromatic carbocycles. The maximum Gasteiger partial charge on any atom is 0.406 e. The molecule has 7 heteroatoms. The van der Waals surface area contributed by atoms with Crippen molar-refractivity contribution in [1.29, 1.82) is 0 Å². The summed E-state index contributed by atoms with van der Waals surface area (Å²) in [6.07, 6.45) is -2.66. The molecule has 110 valence electrons. The number of rotatable bonds is 3. The van der Waals surface area contributed by atoms with Gasteiger partial charge in [-0.2, -0.15) is 13.2 Å². The number of hydrogen-bond donors (Lipinski definition) is 1. The topological polar surface area (TPSA) is 41.6 Å². The lowest BCUT2D eigenvalue weighted by atomic mass is 10.0. The smallest absolute Gasteiger partial charge is 0.381 e. The van der Waals surface area contributed by atoms with Crippen LogP contribution in [0.1, 0.15) is 19.3 Å². The van der Waals surface area contributed by atoms with Crippen molar-refractivity contribution in [2.24, 2.45) is 5.92 Å². The second-order valence-corrected chi connectivity index (χ2v) is 5.12. The summed E-state index contributed by atoms with van der Waals surface area (Å²) in [6, 6.07) is -0.309. The lowest BCUT2D eigenvalue weighted by Crippen LogP contribution is -2.51. The van der Waals surface area contributed by atoms with Crippen molar-refractivity contribution in [3.63, 3.8) is 0 Å². The number of ether oxygens (including phenoxy) is 1. The van der Waals surface area contributed by atoms with Gasteiger partial charge in [-0.25, -0.2) is 0 Å². The number of nitrogens with one attached hydrogen (secondary N) is 1. The van der Waals surface area contributed by atoms with E-state index in [9.17, 15) is 18.0 Å². The molecule has 2 saturated heterocycles. The van der Waals surface area contributed by atoms with Crippen molar-refractivity contribution in [2.75, 3.05) is 32.8 Å². The van der Waals surface area contributed by atoms with E-state index in [4.69, 9.17) is 4.74 Å². The number of carbonyl (C=O) groups excluding carboxylic acids is 1. The molecule has 19 heavy (non-hydrogen) atoms. The minimum atomic E-state index is -4.35. The van der Waals surface area contributed by atoms with Crippen LogP contribution in [0.2, 0.25) is 0 Å². The second-order valence-electron chi connectivity index (χ2n) is 5.12. The van der Waals surface area contributed by atoms with Crippen LogP contribution < -0.4 is 5.32 Å². The molecule has 2 aliphatic rings. The molecule has 1 unspecified atom stereocenters. The third-order valence-electron chi connectivity index (χ3n) is 3.66. The highest BCUT2D eigenvalue weighted by Crippen LogP contribution is 2.25. The lowest BCUT2D eigenvalue weighted by Gasteiger charge is -2.36. The van der Waals surface area contributed by atoms with Gasteiger partial charge in [-0.15, -0.1) is 0 Å². The molecule has 2 aliphatic heterocycles. The van der Waals surface area contributed by atoms with Crippen molar-refractivity contribution in [1.82, 2.24) is 10.2 Å². The zero-order valence-corrected chi connectivity index (χ0v) is 10.7. The molecule has 0 spiro atoms. The van der Waals surface area contributed by atoms with Crippen molar-refractivity contribution < 1.29 is 22.7 Å². The first-order valence-corrected chi connectivity index (χ1v) is 6.63. The Hall–Kier alpha value is -0.820. The van der Waals surface area contributed by atoms with Gasteiger partial charge in [0.05, 0.1) is 12.5 Å². The summed E-state index contributed by atoms with van der Waals surface area (Å²) in [7, 11) is 0. The maximum absolute atomic E-state index is 12.7. The molecular weight excluding hydrogens is 261 g/mol. The zero-order valence-electron chi connectivity index (χ0n) is 10.7. The van der Waals surface area contributed by atoms with Gasteiger partial charge in [0.1, 0.15) is 6.54 Å².